The molecule has 2 aliphatic rings. The van der Waals surface area contributed by atoms with Crippen LogP contribution in [0.25, 0.3) is 10.9 Å². The number of nitrogens with zero attached hydrogens (tertiary/aromatic N) is 5. The largest absolute Gasteiger partial charge is 0.370 e. The van der Waals surface area contributed by atoms with Gasteiger partial charge in [0.05, 0.1) is 18.1 Å². The van der Waals surface area contributed by atoms with Crippen molar-refractivity contribution >= 4 is 22.5 Å². The predicted molar refractivity (Wildman–Crippen MR) is 105 cm³/mol. The van der Waals surface area contributed by atoms with E-state index in [-0.39, 0.29) is 11.9 Å². The molecule has 2 atom stereocenters. The Labute approximate surface area is 160 Å². The summed E-state index contributed by atoms with van der Waals surface area (Å²) in [7, 11) is 2.12. The van der Waals surface area contributed by atoms with Gasteiger partial charge in [0.2, 0.25) is 5.91 Å². The van der Waals surface area contributed by atoms with Crippen molar-refractivity contribution in [2.24, 2.45) is 0 Å². The molecule has 1 unspecified atom stereocenters. The zero-order chi connectivity index (χ0) is 18.8. The third kappa shape index (κ3) is 3.60. The van der Waals surface area contributed by atoms with Crippen LogP contribution in [0.5, 0.6) is 0 Å². The Morgan fingerprint density at radius 2 is 2.22 bits per heavy atom. The molecule has 1 aromatic heterocycles. The lowest BCUT2D eigenvalue weighted by molar-refractivity contribution is -0.132. The maximum Gasteiger partial charge on any atom is 0.237 e. The highest BCUT2D eigenvalue weighted by Crippen LogP contribution is 2.25. The molecule has 1 aromatic carbocycles. The zero-order valence-electron chi connectivity index (χ0n) is 15.7. The van der Waals surface area contributed by atoms with Gasteiger partial charge in [-0.25, -0.2) is 0 Å². The molecule has 0 saturated carbocycles. The summed E-state index contributed by atoms with van der Waals surface area (Å²) in [6.07, 6.45) is 4.60. The fraction of sp³-hybridized carbons (Fsp3) is 0.476. The van der Waals surface area contributed by atoms with Gasteiger partial charge in [-0.15, -0.1) is 0 Å². The van der Waals surface area contributed by atoms with Crippen LogP contribution >= 0.6 is 0 Å². The maximum absolute atomic E-state index is 12.6. The molecule has 0 aliphatic carbocycles. The SMILES string of the molecule is CN(c1ccc2cccnc2c1)[C@H]1CCN(CC(=O)N2CCCC2C#N)C1. The highest BCUT2D eigenvalue weighted by molar-refractivity contribution is 5.82. The van der Waals surface area contributed by atoms with Gasteiger partial charge in [-0.05, 0) is 37.5 Å². The molecule has 2 fully saturated rings. The fourth-order valence-corrected chi connectivity index (χ4v) is 4.24. The van der Waals surface area contributed by atoms with E-state index in [9.17, 15) is 10.1 Å². The van der Waals surface area contributed by atoms with Crippen LogP contribution in [-0.2, 0) is 4.79 Å². The first-order valence-electron chi connectivity index (χ1n) is 9.65. The van der Waals surface area contributed by atoms with Crippen molar-refractivity contribution in [2.45, 2.75) is 31.3 Å². The number of amides is 1. The summed E-state index contributed by atoms with van der Waals surface area (Å²) in [5.74, 6) is 0.0947. The Bertz CT molecular complexity index is 876. The topological polar surface area (TPSA) is 63.5 Å². The van der Waals surface area contributed by atoms with Crippen LogP contribution in [0.4, 0.5) is 5.69 Å². The van der Waals surface area contributed by atoms with Gasteiger partial charge >= 0.3 is 0 Å². The van der Waals surface area contributed by atoms with Crippen molar-refractivity contribution in [2.75, 3.05) is 38.1 Å². The summed E-state index contributed by atoms with van der Waals surface area (Å²) in [5, 5.41) is 10.3. The average Bonchev–Trinajstić information content (AvgIpc) is 3.36. The minimum atomic E-state index is -0.233. The van der Waals surface area contributed by atoms with E-state index in [1.807, 2.05) is 12.3 Å². The first-order chi connectivity index (χ1) is 13.2. The van der Waals surface area contributed by atoms with E-state index < -0.39 is 0 Å². The quantitative estimate of drug-likeness (QED) is 0.834. The molecule has 3 heterocycles. The summed E-state index contributed by atoms with van der Waals surface area (Å²) in [4.78, 5) is 23.3. The highest BCUT2D eigenvalue weighted by atomic mass is 16.2. The first kappa shape index (κ1) is 17.7. The van der Waals surface area contributed by atoms with Gasteiger partial charge in [0.1, 0.15) is 6.04 Å². The molecule has 2 aliphatic heterocycles. The number of benzene rings is 1. The van der Waals surface area contributed by atoms with Gasteiger partial charge in [-0.1, -0.05) is 12.1 Å². The number of anilines is 1. The third-order valence-corrected chi connectivity index (χ3v) is 5.87. The summed E-state index contributed by atoms with van der Waals surface area (Å²) in [6.45, 7) is 2.92. The molecule has 6 nitrogen and oxygen atoms in total. The Morgan fingerprint density at radius 1 is 1.33 bits per heavy atom. The smallest absolute Gasteiger partial charge is 0.237 e. The van der Waals surface area contributed by atoms with Crippen LogP contribution in [0.1, 0.15) is 19.3 Å². The normalized spacial score (nSPS) is 22.9. The monoisotopic (exact) mass is 363 g/mol. The van der Waals surface area contributed by atoms with E-state index in [4.69, 9.17) is 0 Å². The number of likely N-dealkylation sites (tertiary alicyclic amines) is 2. The van der Waals surface area contributed by atoms with Crippen LogP contribution in [0.3, 0.4) is 0 Å². The van der Waals surface area contributed by atoms with E-state index in [1.165, 1.54) is 0 Å². The number of nitriles is 1. The van der Waals surface area contributed by atoms with E-state index in [1.54, 1.807) is 4.90 Å². The van der Waals surface area contributed by atoms with Crippen molar-refractivity contribution in [1.82, 2.24) is 14.8 Å². The molecule has 2 saturated heterocycles. The van der Waals surface area contributed by atoms with Gasteiger partial charge in [-0.2, -0.15) is 5.26 Å². The van der Waals surface area contributed by atoms with Crippen LogP contribution < -0.4 is 4.90 Å². The van der Waals surface area contributed by atoms with Gasteiger partial charge < -0.3 is 9.80 Å². The second kappa shape index (κ2) is 7.53. The van der Waals surface area contributed by atoms with Crippen LogP contribution in [-0.4, -0.2) is 66.0 Å². The number of rotatable bonds is 4. The Kier molecular flexibility index (Phi) is 4.95. The number of carbonyl (C=O) groups excluding carboxylic acids is 1. The molecule has 0 N–H and O–H groups in total. The van der Waals surface area contributed by atoms with Crippen molar-refractivity contribution in [1.29, 1.82) is 5.26 Å². The number of hydrogen-bond donors (Lipinski definition) is 0. The van der Waals surface area contributed by atoms with Crippen molar-refractivity contribution < 1.29 is 4.79 Å². The highest BCUT2D eigenvalue weighted by Gasteiger charge is 2.32. The van der Waals surface area contributed by atoms with Crippen LogP contribution in [0.15, 0.2) is 36.5 Å². The number of carbonyl (C=O) groups is 1. The molecule has 6 heteroatoms. The number of fused-ring (bicyclic) bond motifs is 1. The maximum atomic E-state index is 12.6. The lowest BCUT2D eigenvalue weighted by Gasteiger charge is -2.28. The van der Waals surface area contributed by atoms with E-state index in [0.717, 1.165) is 55.5 Å². The zero-order valence-corrected chi connectivity index (χ0v) is 15.7. The Morgan fingerprint density at radius 3 is 3.07 bits per heavy atom. The Balaban J connectivity index is 1.38. The van der Waals surface area contributed by atoms with Crippen LogP contribution in [0, 0.1) is 11.3 Å². The van der Waals surface area contributed by atoms with E-state index >= 15 is 0 Å². The molecule has 27 heavy (non-hydrogen) atoms. The molecule has 0 spiro atoms. The third-order valence-electron chi connectivity index (χ3n) is 5.87. The van der Waals surface area contributed by atoms with Crippen LogP contribution in [0.2, 0.25) is 0 Å². The Hall–Kier alpha value is -2.65. The number of aromatic nitrogens is 1. The average molecular weight is 363 g/mol. The lowest BCUT2D eigenvalue weighted by atomic mass is 10.1. The first-order valence-corrected chi connectivity index (χ1v) is 9.65. The summed E-state index contributed by atoms with van der Waals surface area (Å²) < 4.78 is 0. The molecule has 0 radical (unpaired) electrons. The summed E-state index contributed by atoms with van der Waals surface area (Å²) in [5.41, 5.74) is 2.16. The van der Waals surface area contributed by atoms with Gasteiger partial charge in [-0.3, -0.25) is 14.7 Å². The van der Waals surface area contributed by atoms with Crippen molar-refractivity contribution in [3.05, 3.63) is 36.5 Å². The lowest BCUT2D eigenvalue weighted by Crippen LogP contribution is -2.42. The minimum Gasteiger partial charge on any atom is -0.370 e. The summed E-state index contributed by atoms with van der Waals surface area (Å²) in [6, 6.07) is 12.8. The summed E-state index contributed by atoms with van der Waals surface area (Å²) >= 11 is 0. The van der Waals surface area contributed by atoms with Crippen molar-refractivity contribution in [3.8, 4) is 6.07 Å². The molecular formula is C21H25N5O. The molecular weight excluding hydrogens is 338 g/mol. The van der Waals surface area contributed by atoms with Crippen molar-refractivity contribution in [3.63, 3.8) is 0 Å². The molecule has 2 aromatic rings. The molecule has 1 amide bonds. The second-order valence-electron chi connectivity index (χ2n) is 7.54. The van der Waals surface area contributed by atoms with Gasteiger partial charge in [0, 0.05) is 50.0 Å². The fourth-order valence-electron chi connectivity index (χ4n) is 4.24. The van der Waals surface area contributed by atoms with E-state index in [0.29, 0.717) is 12.6 Å². The number of pyridine rings is 1. The number of hydrogen-bond acceptors (Lipinski definition) is 5. The van der Waals surface area contributed by atoms with Gasteiger partial charge in [0.25, 0.3) is 0 Å². The van der Waals surface area contributed by atoms with Gasteiger partial charge in [0.15, 0.2) is 0 Å². The standard InChI is InChI=1S/C21H25N5O/c1-24(17-7-6-16-4-2-9-23-20(16)12-17)19-8-11-25(14-19)15-21(27)26-10-3-5-18(26)13-22/h2,4,6-7,9,12,18-19H,3,5,8,10-11,14-15H2,1H3/t18?,19-/m0/s1. The molecule has 140 valence electrons. The predicted octanol–water partition coefficient (Wildman–Crippen LogP) is 2.26. The number of likely N-dealkylation sites (N-methyl/N-ethyl adjacent to an activating group) is 1. The van der Waals surface area contributed by atoms with E-state index in [2.05, 4.69) is 52.2 Å². The second-order valence-corrected chi connectivity index (χ2v) is 7.54. The minimum absolute atomic E-state index is 0.0947. The molecule has 4 rings (SSSR count). The molecule has 0 bridgehead atoms.